The molecule has 0 aromatic heterocycles. The Kier molecular flexibility index (Phi) is 4.81. The molecule has 0 heterocycles. The number of halogens is 2. The highest BCUT2D eigenvalue weighted by Gasteiger charge is 2.11. The zero-order valence-corrected chi connectivity index (χ0v) is 13.6. The lowest BCUT2D eigenvalue weighted by Gasteiger charge is -2.07. The molecule has 2 N–H and O–H groups in total. The van der Waals surface area contributed by atoms with Gasteiger partial charge in [-0.2, -0.15) is 0 Å². The number of carbonyl (C=O) groups excluding carboxylic acids is 1. The Hall–Kier alpha value is -1.08. The summed E-state index contributed by atoms with van der Waals surface area (Å²) in [6, 6.07) is 12.6. The number of rotatable bonds is 3. The maximum absolute atomic E-state index is 12.0. The van der Waals surface area contributed by atoms with Crippen LogP contribution in [0.1, 0.15) is 15.9 Å². The van der Waals surface area contributed by atoms with Crippen molar-refractivity contribution < 1.29 is 9.90 Å². The van der Waals surface area contributed by atoms with E-state index < -0.39 is 0 Å². The second-order valence-corrected chi connectivity index (χ2v) is 6.13. The first kappa shape index (κ1) is 14.3. The minimum absolute atomic E-state index is 0.00581. The van der Waals surface area contributed by atoms with Crippen LogP contribution in [-0.2, 0) is 6.54 Å². The maximum Gasteiger partial charge on any atom is 0.255 e. The Balaban J connectivity index is 2.05. The fraction of sp³-hybridized carbons (Fsp3) is 0.0714. The van der Waals surface area contributed by atoms with Gasteiger partial charge in [-0.15, -0.1) is 0 Å². The molecule has 0 spiro atoms. The second kappa shape index (κ2) is 6.38. The molecule has 1 amide bonds. The average Bonchev–Trinajstić information content (AvgIpc) is 2.40. The Morgan fingerprint density at radius 3 is 2.58 bits per heavy atom. The third-order valence-corrected chi connectivity index (χ3v) is 3.77. The highest BCUT2D eigenvalue weighted by atomic mass is 127. The van der Waals surface area contributed by atoms with E-state index in [2.05, 4.69) is 43.8 Å². The quantitative estimate of drug-likeness (QED) is 0.728. The number of aromatic hydroxyl groups is 1. The number of amides is 1. The molecule has 0 bridgehead atoms. The zero-order chi connectivity index (χ0) is 13.8. The lowest BCUT2D eigenvalue weighted by atomic mass is 10.1. The van der Waals surface area contributed by atoms with Gasteiger partial charge in [-0.05, 0) is 58.5 Å². The minimum atomic E-state index is -0.279. The van der Waals surface area contributed by atoms with Crippen LogP contribution in [0.15, 0.2) is 46.9 Å². The lowest BCUT2D eigenvalue weighted by molar-refractivity contribution is 0.0948. The SMILES string of the molecule is O=C(NCc1ccc(Br)cc1)c1cc(I)ccc1O. The molecular weight excluding hydrogens is 421 g/mol. The van der Waals surface area contributed by atoms with Gasteiger partial charge >= 0.3 is 0 Å². The van der Waals surface area contributed by atoms with Gasteiger partial charge in [-0.25, -0.2) is 0 Å². The van der Waals surface area contributed by atoms with Crippen LogP contribution >= 0.6 is 38.5 Å². The van der Waals surface area contributed by atoms with Gasteiger partial charge in [0.05, 0.1) is 5.56 Å². The van der Waals surface area contributed by atoms with Crippen molar-refractivity contribution in [3.05, 3.63) is 61.6 Å². The van der Waals surface area contributed by atoms with Gasteiger partial charge in [-0.3, -0.25) is 4.79 Å². The first-order valence-corrected chi connectivity index (χ1v) is 7.44. The Morgan fingerprint density at radius 1 is 1.21 bits per heavy atom. The van der Waals surface area contributed by atoms with Gasteiger partial charge in [0.1, 0.15) is 5.75 Å². The first-order chi connectivity index (χ1) is 9.06. The van der Waals surface area contributed by atoms with E-state index in [0.717, 1.165) is 13.6 Å². The van der Waals surface area contributed by atoms with E-state index in [1.165, 1.54) is 6.07 Å². The van der Waals surface area contributed by atoms with Crippen LogP contribution in [0.4, 0.5) is 0 Å². The van der Waals surface area contributed by atoms with Gasteiger partial charge in [0.25, 0.3) is 5.91 Å². The molecule has 0 aliphatic rings. The number of hydrogen-bond donors (Lipinski definition) is 2. The molecule has 0 aliphatic heterocycles. The molecule has 0 fully saturated rings. The van der Waals surface area contributed by atoms with Crippen molar-refractivity contribution in [3.8, 4) is 5.75 Å². The zero-order valence-electron chi connectivity index (χ0n) is 9.86. The Bertz CT molecular complexity index is 599. The lowest BCUT2D eigenvalue weighted by Crippen LogP contribution is -2.22. The molecular formula is C14H11BrINO2. The summed E-state index contributed by atoms with van der Waals surface area (Å²) in [5.41, 5.74) is 1.30. The molecule has 0 atom stereocenters. The molecule has 98 valence electrons. The fourth-order valence-corrected chi connectivity index (χ4v) is 2.33. The number of carbonyl (C=O) groups is 1. The summed E-state index contributed by atoms with van der Waals surface area (Å²) >= 11 is 5.46. The molecule has 2 aromatic carbocycles. The van der Waals surface area contributed by atoms with E-state index in [0.29, 0.717) is 12.1 Å². The third-order valence-electron chi connectivity index (χ3n) is 2.57. The van der Waals surface area contributed by atoms with Crippen molar-refractivity contribution in [1.29, 1.82) is 0 Å². The number of phenols is 1. The minimum Gasteiger partial charge on any atom is -0.507 e. The van der Waals surface area contributed by atoms with E-state index in [-0.39, 0.29) is 11.7 Å². The van der Waals surface area contributed by atoms with Crippen molar-refractivity contribution in [2.75, 3.05) is 0 Å². The summed E-state index contributed by atoms with van der Waals surface area (Å²) in [6.07, 6.45) is 0. The topological polar surface area (TPSA) is 49.3 Å². The first-order valence-electron chi connectivity index (χ1n) is 5.57. The van der Waals surface area contributed by atoms with Crippen LogP contribution in [-0.4, -0.2) is 11.0 Å². The molecule has 3 nitrogen and oxygen atoms in total. The van der Waals surface area contributed by atoms with Crippen molar-refractivity contribution in [3.63, 3.8) is 0 Å². The van der Waals surface area contributed by atoms with Gasteiger partial charge in [0.2, 0.25) is 0 Å². The number of benzene rings is 2. The molecule has 0 aliphatic carbocycles. The molecule has 19 heavy (non-hydrogen) atoms. The van der Waals surface area contributed by atoms with E-state index >= 15 is 0 Å². The molecule has 0 saturated heterocycles. The van der Waals surface area contributed by atoms with Gasteiger partial charge in [0.15, 0.2) is 0 Å². The normalized spacial score (nSPS) is 10.2. The van der Waals surface area contributed by atoms with Crippen molar-refractivity contribution in [2.24, 2.45) is 0 Å². The van der Waals surface area contributed by atoms with Gasteiger partial charge in [-0.1, -0.05) is 28.1 Å². The van der Waals surface area contributed by atoms with Crippen LogP contribution < -0.4 is 5.32 Å². The molecule has 2 rings (SSSR count). The summed E-state index contributed by atoms with van der Waals surface area (Å²) in [4.78, 5) is 12.0. The fourth-order valence-electron chi connectivity index (χ4n) is 1.57. The van der Waals surface area contributed by atoms with Crippen LogP contribution in [0.5, 0.6) is 5.75 Å². The van der Waals surface area contributed by atoms with E-state index in [1.54, 1.807) is 12.1 Å². The standard InChI is InChI=1S/C14H11BrINO2/c15-10-3-1-9(2-4-10)8-17-14(19)12-7-11(16)5-6-13(12)18/h1-7,18H,8H2,(H,17,19). The van der Waals surface area contributed by atoms with E-state index in [1.807, 2.05) is 24.3 Å². The summed E-state index contributed by atoms with van der Waals surface area (Å²) in [7, 11) is 0. The number of hydrogen-bond acceptors (Lipinski definition) is 2. The Morgan fingerprint density at radius 2 is 1.89 bits per heavy atom. The summed E-state index contributed by atoms with van der Waals surface area (Å²) in [5.74, 6) is -0.285. The highest BCUT2D eigenvalue weighted by molar-refractivity contribution is 14.1. The highest BCUT2D eigenvalue weighted by Crippen LogP contribution is 2.19. The van der Waals surface area contributed by atoms with Crippen molar-refractivity contribution in [1.82, 2.24) is 5.32 Å². The van der Waals surface area contributed by atoms with E-state index in [9.17, 15) is 9.90 Å². The maximum atomic E-state index is 12.0. The molecule has 2 aromatic rings. The molecule has 0 radical (unpaired) electrons. The molecule has 5 heteroatoms. The van der Waals surface area contributed by atoms with Gasteiger partial charge < -0.3 is 10.4 Å². The predicted molar refractivity (Wildman–Crippen MR) is 86.1 cm³/mol. The van der Waals surface area contributed by atoms with Crippen molar-refractivity contribution >= 4 is 44.4 Å². The Labute approximate surface area is 133 Å². The summed E-state index contributed by atoms with van der Waals surface area (Å²) in [5, 5.41) is 12.5. The van der Waals surface area contributed by atoms with E-state index in [4.69, 9.17) is 0 Å². The average molecular weight is 432 g/mol. The third kappa shape index (κ3) is 3.94. The number of phenolic OH excluding ortho intramolecular Hbond substituents is 1. The van der Waals surface area contributed by atoms with Crippen LogP contribution in [0.25, 0.3) is 0 Å². The van der Waals surface area contributed by atoms with Crippen molar-refractivity contribution in [2.45, 2.75) is 6.54 Å². The number of nitrogens with one attached hydrogen (secondary N) is 1. The second-order valence-electron chi connectivity index (χ2n) is 3.97. The monoisotopic (exact) mass is 431 g/mol. The molecule has 0 saturated carbocycles. The molecule has 0 unspecified atom stereocenters. The summed E-state index contributed by atoms with van der Waals surface area (Å²) in [6.45, 7) is 0.428. The largest absolute Gasteiger partial charge is 0.507 e. The van der Waals surface area contributed by atoms with Gasteiger partial charge in [0, 0.05) is 14.6 Å². The van der Waals surface area contributed by atoms with Crippen LogP contribution in [0, 0.1) is 3.57 Å². The van der Waals surface area contributed by atoms with Crippen LogP contribution in [0.2, 0.25) is 0 Å². The smallest absolute Gasteiger partial charge is 0.255 e. The summed E-state index contributed by atoms with van der Waals surface area (Å²) < 4.78 is 1.90. The van der Waals surface area contributed by atoms with Crippen LogP contribution in [0.3, 0.4) is 0 Å². The predicted octanol–water partition coefficient (Wildman–Crippen LogP) is 3.69.